The molecule has 1 amide bonds. The van der Waals surface area contributed by atoms with Crippen molar-refractivity contribution in [2.75, 3.05) is 24.6 Å². The van der Waals surface area contributed by atoms with Crippen LogP contribution >= 0.6 is 0 Å². The highest BCUT2D eigenvalue weighted by molar-refractivity contribution is 7.87. The van der Waals surface area contributed by atoms with E-state index in [-0.39, 0.29) is 47.2 Å². The van der Waals surface area contributed by atoms with Gasteiger partial charge in [-0.1, -0.05) is 45.4 Å². The summed E-state index contributed by atoms with van der Waals surface area (Å²) >= 11 is 0. The number of esters is 1. The van der Waals surface area contributed by atoms with Gasteiger partial charge in [-0.3, -0.25) is 4.79 Å². The number of unbranched alkanes of at least 4 members (excludes halogenated alkanes) is 1. The maximum absolute atomic E-state index is 13.6. The molecule has 0 fully saturated rings. The number of ether oxygens (including phenoxy) is 1. The smallest absolute Gasteiger partial charge is 0.340 e. The minimum Gasteiger partial charge on any atom is -0.462 e. The number of hydrogen-bond donors (Lipinski definition) is 0. The zero-order valence-electron chi connectivity index (χ0n) is 23.7. The molecule has 0 aliphatic rings. The molecule has 2 aromatic carbocycles. The Bertz CT molecular complexity index is 1190. The first-order valence-electron chi connectivity index (χ1n) is 13.4. The lowest BCUT2D eigenvalue weighted by molar-refractivity contribution is -0.136. The number of anilines is 1. The molecule has 0 spiro atoms. The third-order valence-electron chi connectivity index (χ3n) is 6.23. The molecule has 2 aromatic rings. The largest absolute Gasteiger partial charge is 0.462 e. The minimum atomic E-state index is -4.41. The van der Waals surface area contributed by atoms with Crippen molar-refractivity contribution < 1.29 is 26.9 Å². The van der Waals surface area contributed by atoms with Gasteiger partial charge in [0, 0.05) is 48.9 Å². The summed E-state index contributed by atoms with van der Waals surface area (Å²) in [5.41, 5.74) is 1.27. The Morgan fingerprint density at radius 3 is 2.18 bits per heavy atom. The fourth-order valence-electron chi connectivity index (χ4n) is 3.97. The number of hydrogen-bond acceptors (Lipinski definition) is 7. The maximum Gasteiger partial charge on any atom is 0.340 e. The van der Waals surface area contributed by atoms with Crippen molar-refractivity contribution in [1.29, 1.82) is 0 Å². The van der Waals surface area contributed by atoms with Crippen LogP contribution in [0.5, 0.6) is 5.75 Å². The van der Waals surface area contributed by atoms with Crippen molar-refractivity contribution in [2.24, 2.45) is 5.92 Å². The van der Waals surface area contributed by atoms with E-state index in [1.807, 2.05) is 54.5 Å². The second-order valence-electron chi connectivity index (χ2n) is 9.70. The number of carbonyl (C=O) groups is 2. The molecule has 0 saturated heterocycles. The monoisotopic (exact) mass is 546 g/mol. The van der Waals surface area contributed by atoms with Crippen LogP contribution in [0.2, 0.25) is 0 Å². The van der Waals surface area contributed by atoms with Crippen LogP contribution in [0.4, 0.5) is 5.69 Å². The molecular formula is C29H42N2O6S. The van der Waals surface area contributed by atoms with Gasteiger partial charge in [-0.15, -0.1) is 0 Å². The van der Waals surface area contributed by atoms with Crippen LogP contribution in [0.1, 0.15) is 77.2 Å². The Balaban J connectivity index is 2.55. The van der Waals surface area contributed by atoms with Crippen LogP contribution in [0.25, 0.3) is 0 Å². The average Bonchev–Trinajstić information content (AvgIpc) is 2.88. The molecule has 0 bridgehead atoms. The molecule has 210 valence electrons. The fraction of sp³-hybridized carbons (Fsp3) is 0.517. The van der Waals surface area contributed by atoms with E-state index in [1.54, 1.807) is 23.1 Å². The Morgan fingerprint density at radius 2 is 1.61 bits per heavy atom. The molecule has 0 aliphatic heterocycles. The molecule has 8 nitrogen and oxygen atoms in total. The molecule has 0 aliphatic carbocycles. The molecule has 0 saturated carbocycles. The maximum atomic E-state index is 13.6. The highest BCUT2D eigenvalue weighted by atomic mass is 32.2. The van der Waals surface area contributed by atoms with E-state index in [0.717, 1.165) is 25.2 Å². The fourth-order valence-corrected chi connectivity index (χ4v) is 5.12. The predicted octanol–water partition coefficient (Wildman–Crippen LogP) is 5.65. The first-order valence-corrected chi connectivity index (χ1v) is 14.8. The van der Waals surface area contributed by atoms with Gasteiger partial charge in [0.15, 0.2) is 0 Å². The summed E-state index contributed by atoms with van der Waals surface area (Å²) in [5.74, 6) is -0.856. The van der Waals surface area contributed by atoms with Crippen LogP contribution in [0.15, 0.2) is 47.4 Å². The first kappa shape index (κ1) is 31.1. The second-order valence-corrected chi connectivity index (χ2v) is 11.2. The predicted molar refractivity (Wildman–Crippen MR) is 150 cm³/mol. The van der Waals surface area contributed by atoms with Crippen LogP contribution in [0.3, 0.4) is 0 Å². The van der Waals surface area contributed by atoms with Crippen LogP contribution in [0, 0.1) is 5.92 Å². The van der Waals surface area contributed by atoms with Crippen molar-refractivity contribution in [3.05, 3.63) is 53.6 Å². The summed E-state index contributed by atoms with van der Waals surface area (Å²) < 4.78 is 38.1. The number of benzene rings is 2. The van der Waals surface area contributed by atoms with E-state index in [0.29, 0.717) is 12.0 Å². The standard InChI is InChI=1S/C29H42N2O6S/c1-8-11-18-36-29(33)25-14-12-13-15-27(25)38(34,35)37-26-19-24(30(9-2)10-3)17-16-23(26)20-31(22(6)7)28(32)21(4)5/h12-17,19,21-22H,8-11,18,20H2,1-7H3. The summed E-state index contributed by atoms with van der Waals surface area (Å²) in [7, 11) is -4.41. The second kappa shape index (κ2) is 14.2. The Morgan fingerprint density at radius 1 is 0.947 bits per heavy atom. The number of nitrogens with zero attached hydrogens (tertiary/aromatic N) is 2. The van der Waals surface area contributed by atoms with Crippen molar-refractivity contribution in [3.63, 3.8) is 0 Å². The molecule has 9 heteroatoms. The molecule has 0 unspecified atom stereocenters. The highest BCUT2D eigenvalue weighted by Gasteiger charge is 2.28. The van der Waals surface area contributed by atoms with Crippen molar-refractivity contribution >= 4 is 27.7 Å². The third kappa shape index (κ3) is 7.96. The molecular weight excluding hydrogens is 504 g/mol. The minimum absolute atomic E-state index is 0.0400. The Kier molecular flexibility index (Phi) is 11.6. The summed E-state index contributed by atoms with van der Waals surface area (Å²) in [6.07, 6.45) is 1.52. The molecule has 2 rings (SSSR count). The van der Waals surface area contributed by atoms with Gasteiger partial charge in [-0.2, -0.15) is 8.42 Å². The summed E-state index contributed by atoms with van der Waals surface area (Å²) in [5, 5.41) is 0. The van der Waals surface area contributed by atoms with Gasteiger partial charge in [0.1, 0.15) is 10.6 Å². The molecule has 0 aromatic heterocycles. The van der Waals surface area contributed by atoms with E-state index < -0.39 is 16.1 Å². The van der Waals surface area contributed by atoms with E-state index in [4.69, 9.17) is 8.92 Å². The molecule has 0 heterocycles. The lowest BCUT2D eigenvalue weighted by Gasteiger charge is -2.30. The normalized spacial score (nSPS) is 11.5. The number of amides is 1. The van der Waals surface area contributed by atoms with Gasteiger partial charge in [-0.25, -0.2) is 4.79 Å². The topological polar surface area (TPSA) is 93.2 Å². The van der Waals surface area contributed by atoms with Crippen LogP contribution in [-0.2, 0) is 26.2 Å². The molecule has 0 N–H and O–H groups in total. The van der Waals surface area contributed by atoms with E-state index in [9.17, 15) is 18.0 Å². The van der Waals surface area contributed by atoms with E-state index in [1.165, 1.54) is 18.2 Å². The summed E-state index contributed by atoms with van der Waals surface area (Å²) in [4.78, 5) is 29.1. The highest BCUT2D eigenvalue weighted by Crippen LogP contribution is 2.31. The summed E-state index contributed by atoms with van der Waals surface area (Å²) in [6, 6.07) is 11.2. The van der Waals surface area contributed by atoms with Gasteiger partial charge in [-0.05, 0) is 52.3 Å². The van der Waals surface area contributed by atoms with Crippen molar-refractivity contribution in [1.82, 2.24) is 4.90 Å². The lowest BCUT2D eigenvalue weighted by atomic mass is 10.1. The van der Waals surface area contributed by atoms with E-state index >= 15 is 0 Å². The number of rotatable bonds is 14. The zero-order valence-corrected chi connectivity index (χ0v) is 24.5. The Hall–Kier alpha value is -3.07. The van der Waals surface area contributed by atoms with Crippen LogP contribution < -0.4 is 9.08 Å². The molecule has 0 atom stereocenters. The van der Waals surface area contributed by atoms with E-state index in [2.05, 4.69) is 4.90 Å². The van der Waals surface area contributed by atoms with Gasteiger partial charge in [0.25, 0.3) is 0 Å². The number of carbonyl (C=O) groups excluding carboxylic acids is 2. The van der Waals surface area contributed by atoms with Gasteiger partial charge < -0.3 is 18.7 Å². The van der Waals surface area contributed by atoms with Gasteiger partial charge in [0.2, 0.25) is 5.91 Å². The molecule has 38 heavy (non-hydrogen) atoms. The third-order valence-corrected chi connectivity index (χ3v) is 7.52. The van der Waals surface area contributed by atoms with Crippen molar-refractivity contribution in [2.45, 2.75) is 78.8 Å². The van der Waals surface area contributed by atoms with Crippen LogP contribution in [-0.4, -0.2) is 50.9 Å². The van der Waals surface area contributed by atoms with Gasteiger partial charge in [0.05, 0.1) is 12.2 Å². The van der Waals surface area contributed by atoms with Crippen molar-refractivity contribution in [3.8, 4) is 5.75 Å². The quantitative estimate of drug-likeness (QED) is 0.172. The zero-order chi connectivity index (χ0) is 28.5. The molecule has 0 radical (unpaired) electrons. The summed E-state index contributed by atoms with van der Waals surface area (Å²) in [6.45, 7) is 15.3. The Labute approximate surface area is 228 Å². The first-order chi connectivity index (χ1) is 18.0. The SMILES string of the molecule is CCCCOC(=O)c1ccccc1S(=O)(=O)Oc1cc(N(CC)CC)ccc1CN(C(=O)C(C)C)C(C)C. The lowest BCUT2D eigenvalue weighted by Crippen LogP contribution is -2.39. The average molecular weight is 547 g/mol. The van der Waals surface area contributed by atoms with Gasteiger partial charge >= 0.3 is 16.1 Å².